The van der Waals surface area contributed by atoms with Crippen LogP contribution in [0.5, 0.6) is 0 Å². The van der Waals surface area contributed by atoms with E-state index in [1.54, 1.807) is 6.07 Å². The van der Waals surface area contributed by atoms with Crippen LogP contribution in [0.2, 0.25) is 0 Å². The number of hydrogen-bond acceptors (Lipinski definition) is 4. The van der Waals surface area contributed by atoms with Gasteiger partial charge in [0, 0.05) is 45.2 Å². The Kier molecular flexibility index (Phi) is 6.31. The van der Waals surface area contributed by atoms with E-state index in [-0.39, 0.29) is 35.8 Å². The Hall–Kier alpha value is -2.15. The Bertz CT molecular complexity index is 676. The molecule has 27 heavy (non-hydrogen) atoms. The number of benzene rings is 1. The van der Waals surface area contributed by atoms with Crippen LogP contribution in [0.3, 0.4) is 0 Å². The Morgan fingerprint density at radius 1 is 1.22 bits per heavy atom. The van der Waals surface area contributed by atoms with Gasteiger partial charge in [0.1, 0.15) is 5.82 Å². The summed E-state index contributed by atoms with van der Waals surface area (Å²) in [6, 6.07) is 6.91. The highest BCUT2D eigenvalue weighted by atomic mass is 19.1. The van der Waals surface area contributed by atoms with Crippen LogP contribution >= 0.6 is 0 Å². The average Bonchev–Trinajstić information content (AvgIpc) is 3.06. The number of rotatable bonds is 5. The average molecular weight is 376 g/mol. The Morgan fingerprint density at radius 3 is 2.56 bits per heavy atom. The fourth-order valence-corrected chi connectivity index (χ4v) is 4.35. The Labute approximate surface area is 160 Å². The van der Waals surface area contributed by atoms with E-state index in [0.29, 0.717) is 25.2 Å². The van der Waals surface area contributed by atoms with Crippen molar-refractivity contribution in [3.05, 3.63) is 30.1 Å². The molecule has 2 N–H and O–H groups in total. The zero-order valence-electron chi connectivity index (χ0n) is 16.1. The van der Waals surface area contributed by atoms with E-state index in [0.717, 1.165) is 25.9 Å². The summed E-state index contributed by atoms with van der Waals surface area (Å²) in [5.74, 6) is -0.226. The number of likely N-dealkylation sites (tertiary alicyclic amines) is 1. The van der Waals surface area contributed by atoms with Crippen molar-refractivity contribution in [3.8, 4) is 0 Å². The third-order valence-corrected chi connectivity index (χ3v) is 5.53. The van der Waals surface area contributed by atoms with Crippen LogP contribution in [-0.4, -0.2) is 61.0 Å². The van der Waals surface area contributed by atoms with Gasteiger partial charge in [0.05, 0.1) is 11.7 Å². The number of anilines is 1. The number of likely N-dealkylation sites (N-methyl/N-ethyl adjacent to an activating group) is 1. The number of amides is 2. The third-order valence-electron chi connectivity index (χ3n) is 5.53. The fraction of sp³-hybridized carbons (Fsp3) is 0.600. The lowest BCUT2D eigenvalue weighted by Crippen LogP contribution is -2.51. The lowest BCUT2D eigenvalue weighted by molar-refractivity contribution is -0.126. The van der Waals surface area contributed by atoms with Crippen molar-refractivity contribution in [1.82, 2.24) is 15.5 Å². The van der Waals surface area contributed by atoms with Crippen LogP contribution in [0.1, 0.15) is 33.1 Å². The van der Waals surface area contributed by atoms with Crippen molar-refractivity contribution in [2.24, 2.45) is 0 Å². The molecule has 2 unspecified atom stereocenters. The Balaban J connectivity index is 1.66. The second-order valence-electron chi connectivity index (χ2n) is 7.41. The summed E-state index contributed by atoms with van der Waals surface area (Å²) in [7, 11) is 0. The maximum Gasteiger partial charge on any atom is 0.237 e. The van der Waals surface area contributed by atoms with Gasteiger partial charge in [0.25, 0.3) is 0 Å². The van der Waals surface area contributed by atoms with Gasteiger partial charge >= 0.3 is 0 Å². The van der Waals surface area contributed by atoms with Crippen LogP contribution in [0.25, 0.3) is 0 Å². The minimum absolute atomic E-state index is 0.000275. The summed E-state index contributed by atoms with van der Waals surface area (Å²) in [4.78, 5) is 28.3. The first-order chi connectivity index (χ1) is 13.0. The molecular formula is C20H29FN4O2. The first kappa shape index (κ1) is 19.6. The van der Waals surface area contributed by atoms with E-state index in [4.69, 9.17) is 0 Å². The molecule has 0 radical (unpaired) electrons. The first-order valence-electron chi connectivity index (χ1n) is 9.79. The van der Waals surface area contributed by atoms with Crippen molar-refractivity contribution in [1.29, 1.82) is 0 Å². The molecule has 0 aliphatic carbocycles. The molecule has 0 spiro atoms. The van der Waals surface area contributed by atoms with Crippen molar-refractivity contribution in [3.63, 3.8) is 0 Å². The van der Waals surface area contributed by atoms with E-state index in [1.807, 2.05) is 19.1 Å². The molecule has 1 aromatic rings. The third kappa shape index (κ3) is 4.58. The molecular weight excluding hydrogens is 347 g/mol. The Morgan fingerprint density at radius 2 is 1.93 bits per heavy atom. The molecule has 3 rings (SSSR count). The highest BCUT2D eigenvalue weighted by Crippen LogP contribution is 2.29. The molecule has 7 heteroatoms. The number of carbonyl (C=O) groups excluding carboxylic acids is 2. The van der Waals surface area contributed by atoms with Gasteiger partial charge in [-0.25, -0.2) is 4.39 Å². The molecule has 148 valence electrons. The zero-order valence-corrected chi connectivity index (χ0v) is 16.1. The monoisotopic (exact) mass is 376 g/mol. The molecule has 6 nitrogen and oxygen atoms in total. The SMILES string of the molecule is CCNC(=O)C1CC(NC(C)=O)CN1C1CCN(c2ccccc2F)CC1. The van der Waals surface area contributed by atoms with Crippen molar-refractivity contribution in [2.75, 3.05) is 31.1 Å². The number of para-hydroxylation sites is 1. The van der Waals surface area contributed by atoms with Gasteiger partial charge < -0.3 is 15.5 Å². The number of nitrogens with one attached hydrogen (secondary N) is 2. The number of hydrogen-bond donors (Lipinski definition) is 2. The highest BCUT2D eigenvalue weighted by molar-refractivity contribution is 5.82. The molecule has 2 saturated heterocycles. The van der Waals surface area contributed by atoms with Crippen molar-refractivity contribution in [2.45, 2.75) is 51.2 Å². The van der Waals surface area contributed by atoms with Gasteiger partial charge in [-0.15, -0.1) is 0 Å². The topological polar surface area (TPSA) is 64.7 Å². The fourth-order valence-electron chi connectivity index (χ4n) is 4.35. The summed E-state index contributed by atoms with van der Waals surface area (Å²) in [5, 5.41) is 5.88. The van der Waals surface area contributed by atoms with Gasteiger partial charge in [0.2, 0.25) is 11.8 Å². The normalized spacial score (nSPS) is 24.0. The van der Waals surface area contributed by atoms with Crippen LogP contribution in [0.4, 0.5) is 10.1 Å². The minimum Gasteiger partial charge on any atom is -0.369 e. The second kappa shape index (κ2) is 8.69. The largest absolute Gasteiger partial charge is 0.369 e. The van der Waals surface area contributed by atoms with Gasteiger partial charge in [0.15, 0.2) is 0 Å². The summed E-state index contributed by atoms with van der Waals surface area (Å²) >= 11 is 0. The summed E-state index contributed by atoms with van der Waals surface area (Å²) in [6.07, 6.45) is 2.38. The second-order valence-corrected chi connectivity index (χ2v) is 7.41. The first-order valence-corrected chi connectivity index (χ1v) is 9.79. The number of piperidine rings is 1. The maximum atomic E-state index is 14.1. The molecule has 1 aromatic carbocycles. The molecule has 2 fully saturated rings. The van der Waals surface area contributed by atoms with E-state index in [9.17, 15) is 14.0 Å². The predicted octanol–water partition coefficient (Wildman–Crippen LogP) is 1.51. The minimum atomic E-state index is -0.216. The van der Waals surface area contributed by atoms with Gasteiger partial charge in [-0.05, 0) is 38.3 Å². The van der Waals surface area contributed by atoms with E-state index in [2.05, 4.69) is 20.4 Å². The van der Waals surface area contributed by atoms with Crippen LogP contribution in [-0.2, 0) is 9.59 Å². The molecule has 2 aliphatic heterocycles. The lowest BCUT2D eigenvalue weighted by Gasteiger charge is -2.39. The lowest BCUT2D eigenvalue weighted by atomic mass is 10.0. The van der Waals surface area contributed by atoms with Crippen LogP contribution < -0.4 is 15.5 Å². The zero-order chi connectivity index (χ0) is 19.4. The predicted molar refractivity (Wildman–Crippen MR) is 103 cm³/mol. The molecule has 2 aliphatic rings. The molecule has 2 atom stereocenters. The highest BCUT2D eigenvalue weighted by Gasteiger charge is 2.41. The molecule has 2 heterocycles. The summed E-state index contributed by atoms with van der Waals surface area (Å²) < 4.78 is 14.1. The van der Waals surface area contributed by atoms with Crippen molar-refractivity contribution >= 4 is 17.5 Å². The standard InChI is InChI=1S/C20H29FN4O2/c1-3-22-20(27)19-12-15(23-14(2)26)13-25(19)16-8-10-24(11-9-16)18-7-5-4-6-17(18)21/h4-7,15-16,19H,3,8-13H2,1-2H3,(H,22,27)(H,23,26). The van der Waals surface area contributed by atoms with Gasteiger partial charge in [-0.1, -0.05) is 12.1 Å². The maximum absolute atomic E-state index is 14.1. The van der Waals surface area contributed by atoms with Crippen LogP contribution in [0.15, 0.2) is 24.3 Å². The van der Waals surface area contributed by atoms with Gasteiger partial charge in [-0.3, -0.25) is 14.5 Å². The number of halogens is 1. The molecule has 0 aromatic heterocycles. The number of carbonyl (C=O) groups is 2. The molecule has 0 saturated carbocycles. The van der Waals surface area contributed by atoms with E-state index in [1.165, 1.54) is 13.0 Å². The van der Waals surface area contributed by atoms with E-state index < -0.39 is 0 Å². The number of nitrogens with zero attached hydrogens (tertiary/aromatic N) is 2. The van der Waals surface area contributed by atoms with Gasteiger partial charge in [-0.2, -0.15) is 0 Å². The summed E-state index contributed by atoms with van der Waals surface area (Å²) in [5.41, 5.74) is 0.647. The quantitative estimate of drug-likeness (QED) is 0.818. The molecule has 0 bridgehead atoms. The summed E-state index contributed by atoms with van der Waals surface area (Å²) in [6.45, 7) is 6.22. The van der Waals surface area contributed by atoms with E-state index >= 15 is 0 Å². The van der Waals surface area contributed by atoms with Crippen LogP contribution in [0, 0.1) is 5.82 Å². The molecule has 2 amide bonds. The smallest absolute Gasteiger partial charge is 0.237 e. The van der Waals surface area contributed by atoms with Crippen molar-refractivity contribution < 1.29 is 14.0 Å².